The van der Waals surface area contributed by atoms with Crippen molar-refractivity contribution in [3.8, 4) is 0 Å². The molecule has 1 aliphatic heterocycles. The van der Waals surface area contributed by atoms with Gasteiger partial charge in [0.1, 0.15) is 5.82 Å². The van der Waals surface area contributed by atoms with Gasteiger partial charge in [-0.2, -0.15) is 0 Å². The zero-order valence-electron chi connectivity index (χ0n) is 12.6. The highest BCUT2D eigenvalue weighted by Crippen LogP contribution is 2.32. The van der Waals surface area contributed by atoms with Crippen molar-refractivity contribution in [2.75, 3.05) is 24.5 Å². The molecular formula is C16H20FN3OS. The maximum Gasteiger partial charge on any atom is 0.224 e. The monoisotopic (exact) mass is 321 g/mol. The van der Waals surface area contributed by atoms with E-state index in [0.29, 0.717) is 6.54 Å². The lowest BCUT2D eigenvalue weighted by atomic mass is 9.97. The Labute approximate surface area is 133 Å². The number of nitrogens with zero attached hydrogens (tertiary/aromatic N) is 2. The van der Waals surface area contributed by atoms with Crippen molar-refractivity contribution in [1.29, 1.82) is 0 Å². The molecular weight excluding hydrogens is 301 g/mol. The Bertz CT molecular complexity index is 672. The van der Waals surface area contributed by atoms with Crippen LogP contribution in [0, 0.1) is 11.7 Å². The topological polar surface area (TPSA) is 45.2 Å². The van der Waals surface area contributed by atoms with Gasteiger partial charge in [-0.3, -0.25) is 4.79 Å². The van der Waals surface area contributed by atoms with E-state index in [1.54, 1.807) is 6.07 Å². The lowest BCUT2D eigenvalue weighted by molar-refractivity contribution is -0.125. The number of halogens is 1. The number of piperidine rings is 1. The van der Waals surface area contributed by atoms with Gasteiger partial charge in [0.2, 0.25) is 5.91 Å². The number of thiazole rings is 1. The number of fused-ring (bicyclic) bond motifs is 1. The Morgan fingerprint density at radius 2 is 2.41 bits per heavy atom. The normalized spacial score (nSPS) is 18.6. The van der Waals surface area contributed by atoms with Crippen LogP contribution < -0.4 is 10.2 Å². The van der Waals surface area contributed by atoms with Crippen molar-refractivity contribution in [3.05, 3.63) is 24.0 Å². The van der Waals surface area contributed by atoms with Crippen molar-refractivity contribution < 1.29 is 9.18 Å². The second kappa shape index (κ2) is 6.60. The summed E-state index contributed by atoms with van der Waals surface area (Å²) in [5.41, 5.74) is 0.818. The van der Waals surface area contributed by atoms with Crippen LogP contribution >= 0.6 is 11.3 Å². The predicted molar refractivity (Wildman–Crippen MR) is 87.8 cm³/mol. The Morgan fingerprint density at radius 1 is 1.55 bits per heavy atom. The fourth-order valence-corrected chi connectivity index (χ4v) is 3.80. The molecule has 2 heterocycles. The van der Waals surface area contributed by atoms with Gasteiger partial charge in [-0.1, -0.05) is 18.3 Å². The third-order valence-electron chi connectivity index (χ3n) is 3.95. The maximum atomic E-state index is 13.3. The van der Waals surface area contributed by atoms with Crippen molar-refractivity contribution in [2.45, 2.75) is 26.2 Å². The third-order valence-corrected chi connectivity index (χ3v) is 5.03. The van der Waals surface area contributed by atoms with E-state index in [1.165, 1.54) is 23.5 Å². The van der Waals surface area contributed by atoms with E-state index >= 15 is 0 Å². The molecule has 1 aromatic heterocycles. The van der Waals surface area contributed by atoms with Gasteiger partial charge < -0.3 is 10.2 Å². The highest BCUT2D eigenvalue weighted by Gasteiger charge is 2.27. The highest BCUT2D eigenvalue weighted by molar-refractivity contribution is 7.22. The molecule has 3 rings (SSSR count). The molecule has 22 heavy (non-hydrogen) atoms. The van der Waals surface area contributed by atoms with Crippen LogP contribution in [0.4, 0.5) is 9.52 Å². The number of anilines is 1. The fraction of sp³-hybridized carbons (Fsp3) is 0.500. The van der Waals surface area contributed by atoms with E-state index in [2.05, 4.69) is 15.2 Å². The highest BCUT2D eigenvalue weighted by atomic mass is 32.1. The summed E-state index contributed by atoms with van der Waals surface area (Å²) in [6.07, 6.45) is 2.85. The van der Waals surface area contributed by atoms with Gasteiger partial charge >= 0.3 is 0 Å². The van der Waals surface area contributed by atoms with Crippen LogP contribution in [0.25, 0.3) is 10.2 Å². The van der Waals surface area contributed by atoms with Gasteiger partial charge in [-0.25, -0.2) is 9.37 Å². The average molecular weight is 321 g/mol. The SMILES string of the molecule is CCCNC(=O)C1CCCN(c2nc3ccc(F)cc3s2)C1. The predicted octanol–water partition coefficient (Wildman–Crippen LogP) is 3.18. The molecule has 1 saturated heterocycles. The van der Waals surface area contributed by atoms with Gasteiger partial charge in [0.25, 0.3) is 0 Å². The Morgan fingerprint density at radius 3 is 3.23 bits per heavy atom. The first kappa shape index (κ1) is 15.2. The van der Waals surface area contributed by atoms with Crippen LogP contribution in [0.15, 0.2) is 18.2 Å². The number of carbonyl (C=O) groups is 1. The molecule has 1 N–H and O–H groups in total. The smallest absolute Gasteiger partial charge is 0.224 e. The quantitative estimate of drug-likeness (QED) is 0.941. The van der Waals surface area contributed by atoms with Crippen LogP contribution in [-0.4, -0.2) is 30.5 Å². The molecule has 118 valence electrons. The molecule has 0 saturated carbocycles. The Kier molecular flexibility index (Phi) is 4.57. The summed E-state index contributed by atoms with van der Waals surface area (Å²) in [4.78, 5) is 18.9. The van der Waals surface area contributed by atoms with Crippen molar-refractivity contribution in [2.24, 2.45) is 5.92 Å². The van der Waals surface area contributed by atoms with Gasteiger partial charge in [0.15, 0.2) is 5.13 Å². The minimum Gasteiger partial charge on any atom is -0.356 e. The number of amides is 1. The number of hydrogen-bond donors (Lipinski definition) is 1. The molecule has 1 aliphatic rings. The number of aromatic nitrogens is 1. The molecule has 1 aromatic carbocycles. The van der Waals surface area contributed by atoms with Crippen LogP contribution in [0.2, 0.25) is 0 Å². The number of carbonyl (C=O) groups excluding carboxylic acids is 1. The molecule has 0 radical (unpaired) electrons. The van der Waals surface area contributed by atoms with E-state index in [4.69, 9.17) is 0 Å². The molecule has 1 atom stereocenters. The molecule has 1 amide bonds. The van der Waals surface area contributed by atoms with Crippen LogP contribution in [-0.2, 0) is 4.79 Å². The van der Waals surface area contributed by atoms with E-state index < -0.39 is 0 Å². The van der Waals surface area contributed by atoms with Crippen molar-refractivity contribution in [3.63, 3.8) is 0 Å². The first-order valence-electron chi connectivity index (χ1n) is 7.76. The molecule has 1 unspecified atom stereocenters. The summed E-state index contributed by atoms with van der Waals surface area (Å²) >= 11 is 1.49. The van der Waals surface area contributed by atoms with Crippen LogP contribution in [0.3, 0.4) is 0 Å². The average Bonchev–Trinajstić information content (AvgIpc) is 2.95. The molecule has 2 aromatic rings. The summed E-state index contributed by atoms with van der Waals surface area (Å²) in [5.74, 6) is -0.0825. The summed E-state index contributed by atoms with van der Waals surface area (Å²) < 4.78 is 14.1. The summed E-state index contributed by atoms with van der Waals surface area (Å²) in [6.45, 7) is 4.38. The minimum absolute atomic E-state index is 0.0176. The van der Waals surface area contributed by atoms with Gasteiger partial charge in [0.05, 0.1) is 16.1 Å². The second-order valence-corrected chi connectivity index (χ2v) is 6.69. The maximum absolute atomic E-state index is 13.3. The van der Waals surface area contributed by atoms with Crippen molar-refractivity contribution in [1.82, 2.24) is 10.3 Å². The van der Waals surface area contributed by atoms with Gasteiger partial charge in [0, 0.05) is 19.6 Å². The van der Waals surface area contributed by atoms with Crippen LogP contribution in [0.1, 0.15) is 26.2 Å². The first-order chi connectivity index (χ1) is 10.7. The molecule has 0 bridgehead atoms. The lowest BCUT2D eigenvalue weighted by Gasteiger charge is -2.31. The summed E-state index contributed by atoms with van der Waals surface area (Å²) in [5, 5.41) is 3.86. The number of hydrogen-bond acceptors (Lipinski definition) is 4. The molecule has 0 aliphatic carbocycles. The van der Waals surface area contributed by atoms with Crippen LogP contribution in [0.5, 0.6) is 0 Å². The fourth-order valence-electron chi connectivity index (χ4n) is 2.78. The summed E-state index contributed by atoms with van der Waals surface area (Å²) in [6, 6.07) is 4.66. The third kappa shape index (κ3) is 3.21. The van der Waals surface area contributed by atoms with E-state index in [9.17, 15) is 9.18 Å². The standard InChI is InChI=1S/C16H20FN3OS/c1-2-7-18-15(21)11-4-3-8-20(10-11)16-19-13-6-5-12(17)9-14(13)22-16/h5-6,9,11H,2-4,7-8,10H2,1H3,(H,18,21). The second-order valence-electron chi connectivity index (χ2n) is 5.68. The molecule has 4 nitrogen and oxygen atoms in total. The first-order valence-corrected chi connectivity index (χ1v) is 8.57. The number of rotatable bonds is 4. The van der Waals surface area contributed by atoms with Gasteiger partial charge in [-0.05, 0) is 37.5 Å². The lowest BCUT2D eigenvalue weighted by Crippen LogP contribution is -2.43. The summed E-state index contributed by atoms with van der Waals surface area (Å²) in [7, 11) is 0. The van der Waals surface area contributed by atoms with E-state index in [-0.39, 0.29) is 17.6 Å². The molecule has 0 spiro atoms. The zero-order valence-corrected chi connectivity index (χ0v) is 13.5. The Hall–Kier alpha value is -1.69. The Balaban J connectivity index is 1.74. The molecule has 1 fully saturated rings. The molecule has 6 heteroatoms. The largest absolute Gasteiger partial charge is 0.356 e. The van der Waals surface area contributed by atoms with Crippen molar-refractivity contribution >= 4 is 32.6 Å². The number of benzene rings is 1. The van der Waals surface area contributed by atoms with E-state index in [0.717, 1.165) is 47.7 Å². The van der Waals surface area contributed by atoms with Gasteiger partial charge in [-0.15, -0.1) is 0 Å². The number of nitrogens with one attached hydrogen (secondary N) is 1. The minimum atomic E-state index is -0.238. The van der Waals surface area contributed by atoms with E-state index in [1.807, 2.05) is 6.92 Å². The zero-order chi connectivity index (χ0) is 15.5.